The van der Waals surface area contributed by atoms with Crippen LogP contribution < -0.4 is 5.73 Å². The summed E-state index contributed by atoms with van der Waals surface area (Å²) in [6.07, 6.45) is 0.900. The molecule has 0 aliphatic rings. The molecular weight excluding hydrogens is 230 g/mol. The Morgan fingerprint density at radius 3 is 2.05 bits per heavy atom. The Hall–Kier alpha value is -1.60. The quantitative estimate of drug-likeness (QED) is 0.873. The zero-order valence-corrected chi connectivity index (χ0v) is 12.3. The molecule has 0 aliphatic carbocycles. The molecule has 2 rings (SSSR count). The lowest BCUT2D eigenvalue weighted by Gasteiger charge is -2.19. The van der Waals surface area contributed by atoms with Crippen molar-refractivity contribution in [2.24, 2.45) is 5.73 Å². The van der Waals surface area contributed by atoms with Crippen molar-refractivity contribution in [2.45, 2.75) is 40.2 Å². The van der Waals surface area contributed by atoms with Gasteiger partial charge < -0.3 is 5.73 Å². The number of hydrogen-bond donors (Lipinski definition) is 1. The zero-order chi connectivity index (χ0) is 14.0. The molecule has 0 spiro atoms. The predicted molar refractivity (Wildman–Crippen MR) is 82.5 cm³/mol. The highest BCUT2D eigenvalue weighted by atomic mass is 14.6. The van der Waals surface area contributed by atoms with Crippen molar-refractivity contribution in [1.82, 2.24) is 0 Å². The van der Waals surface area contributed by atoms with Crippen LogP contribution in [0.1, 0.15) is 39.4 Å². The van der Waals surface area contributed by atoms with E-state index in [0.29, 0.717) is 0 Å². The first-order valence-corrected chi connectivity index (χ1v) is 6.87. The van der Waals surface area contributed by atoms with Gasteiger partial charge in [0.25, 0.3) is 0 Å². The molecule has 0 fully saturated rings. The molecule has 2 N–H and O–H groups in total. The van der Waals surface area contributed by atoms with Crippen LogP contribution in [0.25, 0.3) is 0 Å². The highest BCUT2D eigenvalue weighted by Gasteiger charge is 2.13. The second kappa shape index (κ2) is 5.58. The Morgan fingerprint density at radius 1 is 0.895 bits per heavy atom. The minimum absolute atomic E-state index is 0.0710. The van der Waals surface area contributed by atoms with Crippen molar-refractivity contribution >= 4 is 0 Å². The predicted octanol–water partition coefficient (Wildman–Crippen LogP) is 4.16. The minimum Gasteiger partial charge on any atom is -0.324 e. The van der Waals surface area contributed by atoms with Crippen molar-refractivity contribution in [2.75, 3.05) is 0 Å². The van der Waals surface area contributed by atoms with Gasteiger partial charge in [-0.15, -0.1) is 0 Å². The molecule has 0 saturated heterocycles. The van der Waals surface area contributed by atoms with Crippen LogP contribution in [0.4, 0.5) is 0 Å². The SMILES string of the molecule is Cc1cc(C)c(C(N)Cc2ccccc2C)c(C)c1. The Kier molecular flexibility index (Phi) is 4.06. The summed E-state index contributed by atoms with van der Waals surface area (Å²) < 4.78 is 0. The number of hydrogen-bond acceptors (Lipinski definition) is 1. The van der Waals surface area contributed by atoms with Gasteiger partial charge in [-0.05, 0) is 61.9 Å². The van der Waals surface area contributed by atoms with Crippen LogP contribution in [-0.2, 0) is 6.42 Å². The van der Waals surface area contributed by atoms with Crippen LogP contribution in [0.5, 0.6) is 0 Å². The molecule has 2 aromatic rings. The van der Waals surface area contributed by atoms with Crippen LogP contribution in [0.15, 0.2) is 36.4 Å². The van der Waals surface area contributed by atoms with E-state index in [1.54, 1.807) is 0 Å². The van der Waals surface area contributed by atoms with E-state index in [1.165, 1.54) is 33.4 Å². The van der Waals surface area contributed by atoms with Crippen LogP contribution in [0.3, 0.4) is 0 Å². The largest absolute Gasteiger partial charge is 0.324 e. The number of aryl methyl sites for hydroxylation is 4. The normalized spacial score (nSPS) is 12.5. The van der Waals surface area contributed by atoms with Crippen LogP contribution in [0.2, 0.25) is 0 Å². The van der Waals surface area contributed by atoms with Gasteiger partial charge in [0.1, 0.15) is 0 Å². The average molecular weight is 253 g/mol. The Bertz CT molecular complexity index is 561. The Morgan fingerprint density at radius 2 is 1.47 bits per heavy atom. The second-order valence-corrected chi connectivity index (χ2v) is 5.55. The summed E-state index contributed by atoms with van der Waals surface area (Å²) in [7, 11) is 0. The first-order valence-electron chi connectivity index (χ1n) is 6.87. The summed E-state index contributed by atoms with van der Waals surface area (Å²) >= 11 is 0. The van der Waals surface area contributed by atoms with Crippen molar-refractivity contribution in [3.63, 3.8) is 0 Å². The molecule has 0 radical (unpaired) electrons. The van der Waals surface area contributed by atoms with Gasteiger partial charge in [0.2, 0.25) is 0 Å². The lowest BCUT2D eigenvalue weighted by Crippen LogP contribution is -2.17. The lowest BCUT2D eigenvalue weighted by atomic mass is 9.90. The van der Waals surface area contributed by atoms with E-state index in [9.17, 15) is 0 Å². The Labute approximate surface area is 116 Å². The maximum absolute atomic E-state index is 6.45. The second-order valence-electron chi connectivity index (χ2n) is 5.55. The monoisotopic (exact) mass is 253 g/mol. The number of benzene rings is 2. The van der Waals surface area contributed by atoms with Gasteiger partial charge in [0.15, 0.2) is 0 Å². The highest BCUT2D eigenvalue weighted by Crippen LogP contribution is 2.25. The first kappa shape index (κ1) is 13.8. The average Bonchev–Trinajstić information content (AvgIpc) is 2.30. The molecule has 0 amide bonds. The van der Waals surface area contributed by atoms with E-state index in [4.69, 9.17) is 5.73 Å². The number of rotatable bonds is 3. The smallest absolute Gasteiger partial charge is 0.0341 e. The fourth-order valence-corrected chi connectivity index (χ4v) is 2.95. The summed E-state index contributed by atoms with van der Waals surface area (Å²) in [5.74, 6) is 0. The van der Waals surface area contributed by atoms with Gasteiger partial charge in [0, 0.05) is 6.04 Å². The molecular formula is C18H23N. The van der Waals surface area contributed by atoms with E-state index < -0.39 is 0 Å². The Balaban J connectivity index is 2.31. The maximum Gasteiger partial charge on any atom is 0.0341 e. The van der Waals surface area contributed by atoms with Crippen molar-refractivity contribution in [3.05, 3.63) is 69.8 Å². The van der Waals surface area contributed by atoms with Gasteiger partial charge in [-0.2, -0.15) is 0 Å². The highest BCUT2D eigenvalue weighted by molar-refractivity contribution is 5.40. The van der Waals surface area contributed by atoms with Crippen molar-refractivity contribution < 1.29 is 0 Å². The summed E-state index contributed by atoms with van der Waals surface area (Å²) in [5.41, 5.74) is 14.3. The lowest BCUT2D eigenvalue weighted by molar-refractivity contribution is 0.708. The molecule has 0 saturated carbocycles. The summed E-state index contributed by atoms with van der Waals surface area (Å²) in [5, 5.41) is 0. The van der Waals surface area contributed by atoms with E-state index in [-0.39, 0.29) is 6.04 Å². The fraction of sp³-hybridized carbons (Fsp3) is 0.333. The molecule has 1 atom stereocenters. The fourth-order valence-electron chi connectivity index (χ4n) is 2.95. The minimum atomic E-state index is 0.0710. The standard InChI is InChI=1S/C18H23N/c1-12-9-14(3)18(15(4)10-12)17(19)11-16-8-6-5-7-13(16)2/h5-10,17H,11,19H2,1-4H3. The summed E-state index contributed by atoms with van der Waals surface area (Å²) in [6, 6.07) is 13.0. The van der Waals surface area contributed by atoms with Gasteiger partial charge in [-0.25, -0.2) is 0 Å². The molecule has 1 heteroatoms. The molecule has 0 heterocycles. The summed E-state index contributed by atoms with van der Waals surface area (Å²) in [4.78, 5) is 0. The van der Waals surface area contributed by atoms with Crippen LogP contribution in [-0.4, -0.2) is 0 Å². The molecule has 2 aromatic carbocycles. The molecule has 0 aliphatic heterocycles. The zero-order valence-electron chi connectivity index (χ0n) is 12.3. The van der Waals surface area contributed by atoms with E-state index >= 15 is 0 Å². The third-order valence-electron chi connectivity index (χ3n) is 3.81. The molecule has 0 aromatic heterocycles. The van der Waals surface area contributed by atoms with E-state index in [0.717, 1.165) is 6.42 Å². The number of nitrogens with two attached hydrogens (primary N) is 1. The van der Waals surface area contributed by atoms with Crippen LogP contribution >= 0.6 is 0 Å². The molecule has 1 unspecified atom stereocenters. The third-order valence-corrected chi connectivity index (χ3v) is 3.81. The molecule has 0 bridgehead atoms. The topological polar surface area (TPSA) is 26.0 Å². The van der Waals surface area contributed by atoms with E-state index in [2.05, 4.69) is 64.1 Å². The third kappa shape index (κ3) is 3.05. The maximum atomic E-state index is 6.45. The molecule has 19 heavy (non-hydrogen) atoms. The first-order chi connectivity index (χ1) is 8.99. The van der Waals surface area contributed by atoms with Crippen molar-refractivity contribution in [1.29, 1.82) is 0 Å². The van der Waals surface area contributed by atoms with Gasteiger partial charge in [-0.3, -0.25) is 0 Å². The molecule has 1 nitrogen and oxygen atoms in total. The van der Waals surface area contributed by atoms with Crippen molar-refractivity contribution in [3.8, 4) is 0 Å². The van der Waals surface area contributed by atoms with Gasteiger partial charge in [-0.1, -0.05) is 42.0 Å². The van der Waals surface area contributed by atoms with E-state index in [1.807, 2.05) is 0 Å². The van der Waals surface area contributed by atoms with Crippen LogP contribution in [0, 0.1) is 27.7 Å². The molecule has 100 valence electrons. The van der Waals surface area contributed by atoms with Gasteiger partial charge in [0.05, 0.1) is 0 Å². The van der Waals surface area contributed by atoms with Gasteiger partial charge >= 0.3 is 0 Å². The summed E-state index contributed by atoms with van der Waals surface area (Å²) in [6.45, 7) is 8.60.